The molecule has 0 bridgehead atoms. The molecule has 0 fully saturated rings. The summed E-state index contributed by atoms with van der Waals surface area (Å²) in [5.74, 6) is 0. The maximum absolute atomic E-state index is 3.37. The molecule has 0 saturated carbocycles. The summed E-state index contributed by atoms with van der Waals surface area (Å²) < 4.78 is 0. The summed E-state index contributed by atoms with van der Waals surface area (Å²) in [6.45, 7) is 20.7. The maximum Gasteiger partial charge on any atom is 0.00772 e. The molecule has 0 rings (SSSR count). The first kappa shape index (κ1) is 23.0. The van der Waals surface area contributed by atoms with E-state index in [2.05, 4.69) is 35.1 Å². The highest BCUT2D eigenvalue weighted by Gasteiger charge is 1.87. The van der Waals surface area contributed by atoms with Crippen LogP contribution in [0.5, 0.6) is 0 Å². The molecule has 0 heterocycles. The SMILES string of the molecule is CC.CC.CCNCCNCCNCCNCC. The Labute approximate surface area is 116 Å². The highest BCUT2D eigenvalue weighted by Crippen LogP contribution is 1.62. The van der Waals surface area contributed by atoms with Crippen molar-refractivity contribution >= 4 is 0 Å². The number of hydrogen-bond donors (Lipinski definition) is 4. The molecule has 0 atom stereocenters. The van der Waals surface area contributed by atoms with E-state index in [-0.39, 0.29) is 0 Å². The van der Waals surface area contributed by atoms with Crippen LogP contribution in [0.2, 0.25) is 0 Å². The minimum Gasteiger partial charge on any atom is -0.316 e. The molecule has 0 saturated heterocycles. The third-order valence-corrected chi connectivity index (χ3v) is 1.94. The molecule has 0 radical (unpaired) electrons. The van der Waals surface area contributed by atoms with Gasteiger partial charge in [-0.05, 0) is 13.1 Å². The topological polar surface area (TPSA) is 48.1 Å². The molecule has 18 heavy (non-hydrogen) atoms. The van der Waals surface area contributed by atoms with E-state index >= 15 is 0 Å². The van der Waals surface area contributed by atoms with Gasteiger partial charge in [0.1, 0.15) is 0 Å². The molecule has 0 aliphatic carbocycles. The van der Waals surface area contributed by atoms with Crippen LogP contribution in [0, 0.1) is 0 Å². The van der Waals surface area contributed by atoms with Crippen LogP contribution in [-0.4, -0.2) is 52.4 Å². The Balaban J connectivity index is -0.000000506. The van der Waals surface area contributed by atoms with Gasteiger partial charge in [0.05, 0.1) is 0 Å². The van der Waals surface area contributed by atoms with Crippen LogP contribution in [0.3, 0.4) is 0 Å². The molecule has 4 heteroatoms. The van der Waals surface area contributed by atoms with Crippen LogP contribution in [0.1, 0.15) is 41.5 Å². The number of nitrogens with one attached hydrogen (secondary N) is 4. The Hall–Kier alpha value is -0.160. The van der Waals surface area contributed by atoms with Crippen molar-refractivity contribution in [2.24, 2.45) is 0 Å². The van der Waals surface area contributed by atoms with E-state index in [9.17, 15) is 0 Å². The standard InChI is InChI=1S/C10H26N4.2C2H6/c1-3-11-5-7-13-9-10-14-8-6-12-4-2;2*1-2/h11-14H,3-10H2,1-2H3;2*1-2H3. The Morgan fingerprint density at radius 3 is 0.889 bits per heavy atom. The normalized spacial score (nSPS) is 9.00. The summed E-state index contributed by atoms with van der Waals surface area (Å²) >= 11 is 0. The predicted octanol–water partition coefficient (Wildman–Crippen LogP) is 1.44. The lowest BCUT2D eigenvalue weighted by Gasteiger charge is -2.06. The van der Waals surface area contributed by atoms with E-state index in [1.54, 1.807) is 0 Å². The van der Waals surface area contributed by atoms with E-state index in [0.29, 0.717) is 0 Å². The van der Waals surface area contributed by atoms with E-state index < -0.39 is 0 Å². The second-order valence-electron chi connectivity index (χ2n) is 3.21. The van der Waals surface area contributed by atoms with Crippen molar-refractivity contribution in [1.29, 1.82) is 0 Å². The molecule has 114 valence electrons. The molecule has 0 amide bonds. The highest BCUT2D eigenvalue weighted by atomic mass is 15.0. The highest BCUT2D eigenvalue weighted by molar-refractivity contribution is 4.55. The second-order valence-corrected chi connectivity index (χ2v) is 3.21. The van der Waals surface area contributed by atoms with Gasteiger partial charge < -0.3 is 21.3 Å². The van der Waals surface area contributed by atoms with Gasteiger partial charge in [0.25, 0.3) is 0 Å². The van der Waals surface area contributed by atoms with E-state index in [0.717, 1.165) is 52.4 Å². The largest absolute Gasteiger partial charge is 0.316 e. The molecule has 0 spiro atoms. The van der Waals surface area contributed by atoms with Crippen LogP contribution in [0.25, 0.3) is 0 Å². The zero-order chi connectivity index (χ0) is 14.5. The smallest absolute Gasteiger partial charge is 0.00772 e. The van der Waals surface area contributed by atoms with Gasteiger partial charge in [-0.1, -0.05) is 41.5 Å². The van der Waals surface area contributed by atoms with Crippen molar-refractivity contribution in [3.8, 4) is 0 Å². The zero-order valence-electron chi connectivity index (χ0n) is 13.7. The monoisotopic (exact) mass is 262 g/mol. The predicted molar refractivity (Wildman–Crippen MR) is 85.5 cm³/mol. The summed E-state index contributed by atoms with van der Waals surface area (Å²) in [5, 5.41) is 13.3. The number of likely N-dealkylation sites (N-methyl/N-ethyl adjacent to an activating group) is 2. The van der Waals surface area contributed by atoms with Gasteiger partial charge in [-0.2, -0.15) is 0 Å². The molecule has 0 aromatic rings. The fourth-order valence-corrected chi connectivity index (χ4v) is 1.13. The number of hydrogen-bond acceptors (Lipinski definition) is 4. The molecule has 0 aliphatic heterocycles. The van der Waals surface area contributed by atoms with Crippen LogP contribution in [-0.2, 0) is 0 Å². The van der Waals surface area contributed by atoms with Gasteiger partial charge in [-0.3, -0.25) is 0 Å². The molecular weight excluding hydrogens is 224 g/mol. The lowest BCUT2D eigenvalue weighted by Crippen LogP contribution is -2.35. The van der Waals surface area contributed by atoms with Gasteiger partial charge in [-0.25, -0.2) is 0 Å². The fraction of sp³-hybridized carbons (Fsp3) is 1.00. The molecular formula is C14H38N4. The quantitative estimate of drug-likeness (QED) is 0.426. The molecule has 0 aromatic carbocycles. The zero-order valence-corrected chi connectivity index (χ0v) is 13.7. The van der Waals surface area contributed by atoms with Crippen molar-refractivity contribution in [3.63, 3.8) is 0 Å². The summed E-state index contributed by atoms with van der Waals surface area (Å²) in [6.07, 6.45) is 0. The van der Waals surface area contributed by atoms with E-state index in [1.807, 2.05) is 27.7 Å². The first-order chi connectivity index (χ1) is 8.91. The average molecular weight is 262 g/mol. The Bertz CT molecular complexity index is 87.8. The molecule has 0 unspecified atom stereocenters. The first-order valence-corrected chi connectivity index (χ1v) is 7.74. The van der Waals surface area contributed by atoms with Gasteiger partial charge >= 0.3 is 0 Å². The Kier molecular flexibility index (Phi) is 38.5. The van der Waals surface area contributed by atoms with E-state index in [1.165, 1.54) is 0 Å². The summed E-state index contributed by atoms with van der Waals surface area (Å²) in [5.41, 5.74) is 0. The third kappa shape index (κ3) is 29.7. The third-order valence-electron chi connectivity index (χ3n) is 1.94. The molecule has 0 aromatic heterocycles. The maximum atomic E-state index is 3.37. The van der Waals surface area contributed by atoms with Crippen molar-refractivity contribution < 1.29 is 0 Å². The van der Waals surface area contributed by atoms with Gasteiger partial charge in [0, 0.05) is 39.3 Å². The van der Waals surface area contributed by atoms with Gasteiger partial charge in [0.2, 0.25) is 0 Å². The lowest BCUT2D eigenvalue weighted by atomic mass is 10.5. The number of rotatable bonds is 11. The van der Waals surface area contributed by atoms with Gasteiger partial charge in [0.15, 0.2) is 0 Å². The van der Waals surface area contributed by atoms with Crippen molar-refractivity contribution in [2.45, 2.75) is 41.5 Å². The Morgan fingerprint density at radius 1 is 0.444 bits per heavy atom. The van der Waals surface area contributed by atoms with Crippen LogP contribution in [0.4, 0.5) is 0 Å². The summed E-state index contributed by atoms with van der Waals surface area (Å²) in [4.78, 5) is 0. The second kappa shape index (κ2) is 30.1. The minimum absolute atomic E-state index is 1.05. The van der Waals surface area contributed by atoms with Gasteiger partial charge in [-0.15, -0.1) is 0 Å². The first-order valence-electron chi connectivity index (χ1n) is 7.74. The van der Waals surface area contributed by atoms with E-state index in [4.69, 9.17) is 0 Å². The summed E-state index contributed by atoms with van der Waals surface area (Å²) in [6, 6.07) is 0. The minimum atomic E-state index is 1.05. The fourth-order valence-electron chi connectivity index (χ4n) is 1.13. The molecule has 4 nitrogen and oxygen atoms in total. The lowest BCUT2D eigenvalue weighted by molar-refractivity contribution is 0.574. The van der Waals surface area contributed by atoms with Crippen LogP contribution in [0.15, 0.2) is 0 Å². The van der Waals surface area contributed by atoms with Crippen LogP contribution >= 0.6 is 0 Å². The van der Waals surface area contributed by atoms with Crippen molar-refractivity contribution in [3.05, 3.63) is 0 Å². The Morgan fingerprint density at radius 2 is 0.667 bits per heavy atom. The van der Waals surface area contributed by atoms with Crippen molar-refractivity contribution in [2.75, 3.05) is 52.4 Å². The molecule has 0 aliphatic rings. The van der Waals surface area contributed by atoms with Crippen molar-refractivity contribution in [1.82, 2.24) is 21.3 Å². The molecule has 4 N–H and O–H groups in total. The average Bonchev–Trinajstić information content (AvgIpc) is 2.45. The van der Waals surface area contributed by atoms with Crippen LogP contribution < -0.4 is 21.3 Å². The summed E-state index contributed by atoms with van der Waals surface area (Å²) in [7, 11) is 0.